The fourth-order valence-electron chi connectivity index (χ4n) is 6.30. The highest BCUT2D eigenvalue weighted by Gasteiger charge is 2.54. The van der Waals surface area contributed by atoms with E-state index in [1.54, 1.807) is 0 Å². The van der Waals surface area contributed by atoms with Gasteiger partial charge in [-0.2, -0.15) is 0 Å². The van der Waals surface area contributed by atoms with Gasteiger partial charge in [-0.1, -0.05) is 50.8 Å². The molecule has 0 radical (unpaired) electrons. The number of carbonyl (C=O) groups is 1. The molecular formula is C26H35NO5. The van der Waals surface area contributed by atoms with E-state index in [1.807, 2.05) is 12.1 Å². The molecule has 1 aromatic carbocycles. The second-order valence-corrected chi connectivity index (χ2v) is 10.1. The number of fused-ring (bicyclic) bond motifs is 3. The third-order valence-corrected chi connectivity index (χ3v) is 8.37. The van der Waals surface area contributed by atoms with Crippen molar-refractivity contribution in [3.63, 3.8) is 0 Å². The van der Waals surface area contributed by atoms with Crippen LogP contribution in [-0.4, -0.2) is 32.1 Å². The molecule has 2 aliphatic heterocycles. The first-order valence-corrected chi connectivity index (χ1v) is 12.1. The molecular weight excluding hydrogens is 406 g/mol. The first kappa shape index (κ1) is 21.6. The summed E-state index contributed by atoms with van der Waals surface area (Å²) in [5.41, 5.74) is 2.23. The number of benzene rings is 1. The number of ether oxygens (including phenoxy) is 4. The third kappa shape index (κ3) is 3.76. The van der Waals surface area contributed by atoms with E-state index in [9.17, 15) is 4.79 Å². The number of allylic oxidation sites excluding steroid dienone is 1. The summed E-state index contributed by atoms with van der Waals surface area (Å²) in [6.07, 6.45) is 7.76. The zero-order valence-electron chi connectivity index (χ0n) is 19.4. The molecule has 0 unspecified atom stereocenters. The Kier molecular flexibility index (Phi) is 5.82. The maximum absolute atomic E-state index is 12.6. The first-order valence-electron chi connectivity index (χ1n) is 12.1. The van der Waals surface area contributed by atoms with Crippen molar-refractivity contribution in [1.29, 1.82) is 0 Å². The zero-order chi connectivity index (χ0) is 22.3. The van der Waals surface area contributed by atoms with Gasteiger partial charge in [-0.3, -0.25) is 0 Å². The van der Waals surface area contributed by atoms with Gasteiger partial charge in [0.05, 0.1) is 12.7 Å². The second-order valence-electron chi connectivity index (χ2n) is 10.1. The largest absolute Gasteiger partial charge is 0.454 e. The molecule has 2 bridgehead atoms. The number of amides is 1. The second kappa shape index (κ2) is 8.62. The number of alkyl carbamates (subject to hydrolysis) is 1. The maximum atomic E-state index is 12.6. The van der Waals surface area contributed by atoms with Crippen molar-refractivity contribution >= 4 is 6.09 Å². The zero-order valence-corrected chi connectivity index (χ0v) is 19.4. The van der Waals surface area contributed by atoms with Gasteiger partial charge in [-0.15, -0.1) is 0 Å². The van der Waals surface area contributed by atoms with Crippen molar-refractivity contribution in [3.8, 4) is 11.5 Å². The van der Waals surface area contributed by atoms with Gasteiger partial charge in [0.15, 0.2) is 11.5 Å². The SMILES string of the molecule is CC1=C[C@@H](C)[C@@]2(COC(=O)NC3CCCCC3)CO[C@@H](c3ccc4c(c3)OCO4)[C@H]1[C@H]2C. The lowest BCUT2D eigenvalue weighted by molar-refractivity contribution is -0.165. The van der Waals surface area contributed by atoms with Gasteiger partial charge in [-0.25, -0.2) is 4.79 Å². The van der Waals surface area contributed by atoms with E-state index in [0.717, 1.165) is 29.9 Å². The van der Waals surface area contributed by atoms with Crippen LogP contribution >= 0.6 is 0 Å². The first-order chi connectivity index (χ1) is 15.5. The predicted molar refractivity (Wildman–Crippen MR) is 121 cm³/mol. The Balaban J connectivity index is 1.32. The van der Waals surface area contributed by atoms with Crippen molar-refractivity contribution in [2.24, 2.45) is 23.2 Å². The number of carbonyl (C=O) groups excluding carboxylic acids is 1. The summed E-state index contributed by atoms with van der Waals surface area (Å²) in [6.45, 7) is 7.93. The van der Waals surface area contributed by atoms with Crippen LogP contribution in [0.15, 0.2) is 29.8 Å². The Morgan fingerprint density at radius 3 is 2.75 bits per heavy atom. The van der Waals surface area contributed by atoms with Gasteiger partial charge in [0, 0.05) is 17.4 Å². The van der Waals surface area contributed by atoms with Crippen LogP contribution in [0.25, 0.3) is 0 Å². The predicted octanol–water partition coefficient (Wildman–Crippen LogP) is 5.38. The minimum absolute atomic E-state index is 0.0487. The van der Waals surface area contributed by atoms with Gasteiger partial charge in [-0.05, 0) is 49.3 Å². The lowest BCUT2D eigenvalue weighted by Gasteiger charge is -2.55. The highest BCUT2D eigenvalue weighted by molar-refractivity contribution is 5.67. The van der Waals surface area contributed by atoms with Crippen LogP contribution in [0.5, 0.6) is 11.5 Å². The molecule has 2 aliphatic carbocycles. The smallest absolute Gasteiger partial charge is 0.407 e. The van der Waals surface area contributed by atoms with Gasteiger partial charge < -0.3 is 24.3 Å². The normalized spacial score (nSPS) is 34.0. The van der Waals surface area contributed by atoms with Gasteiger partial charge >= 0.3 is 6.09 Å². The Bertz CT molecular complexity index is 892. The molecule has 1 amide bonds. The summed E-state index contributed by atoms with van der Waals surface area (Å²) >= 11 is 0. The molecule has 1 saturated carbocycles. The average molecular weight is 442 g/mol. The molecule has 1 aromatic rings. The molecule has 6 nitrogen and oxygen atoms in total. The number of hydrogen-bond acceptors (Lipinski definition) is 5. The summed E-state index contributed by atoms with van der Waals surface area (Å²) in [4.78, 5) is 12.6. The average Bonchev–Trinajstić information content (AvgIpc) is 3.25. The van der Waals surface area contributed by atoms with Crippen molar-refractivity contribution in [2.45, 2.75) is 65.0 Å². The lowest BCUT2D eigenvalue weighted by atomic mass is 9.56. The minimum atomic E-state index is -0.286. The molecule has 6 heteroatoms. The van der Waals surface area contributed by atoms with Crippen LogP contribution in [-0.2, 0) is 9.47 Å². The van der Waals surface area contributed by atoms with E-state index in [0.29, 0.717) is 19.1 Å². The number of nitrogens with one attached hydrogen (secondary N) is 1. The summed E-state index contributed by atoms with van der Waals surface area (Å²) in [6, 6.07) is 6.35. The standard InChI is InChI=1S/C26H35NO5/c1-16-11-17(2)26(14-30-25(28)27-20-7-5-4-6-8-20)13-29-24(23(16)18(26)3)19-9-10-21-22(12-19)32-15-31-21/h9-12,17-18,20,23-24H,4-8,13-15H2,1-3H3,(H,27,28)/t17-,18-,23-,24+,26+/m1/s1. The van der Waals surface area contributed by atoms with Crippen LogP contribution in [0.2, 0.25) is 0 Å². The summed E-state index contributed by atoms with van der Waals surface area (Å²) in [5.74, 6) is 2.38. The highest BCUT2D eigenvalue weighted by atomic mass is 16.7. The fraction of sp³-hybridized carbons (Fsp3) is 0.654. The van der Waals surface area contributed by atoms with Gasteiger partial charge in [0.2, 0.25) is 6.79 Å². The van der Waals surface area contributed by atoms with E-state index in [1.165, 1.54) is 24.8 Å². The van der Waals surface area contributed by atoms with Crippen molar-refractivity contribution in [1.82, 2.24) is 5.32 Å². The highest BCUT2D eigenvalue weighted by Crippen LogP contribution is 2.56. The van der Waals surface area contributed by atoms with Crippen LogP contribution in [0.3, 0.4) is 0 Å². The lowest BCUT2D eigenvalue weighted by Crippen LogP contribution is -2.55. The van der Waals surface area contributed by atoms with E-state index in [4.69, 9.17) is 18.9 Å². The summed E-state index contributed by atoms with van der Waals surface area (Å²) in [7, 11) is 0. The monoisotopic (exact) mass is 441 g/mol. The van der Waals surface area contributed by atoms with Crippen molar-refractivity contribution < 1.29 is 23.7 Å². The Morgan fingerprint density at radius 2 is 1.94 bits per heavy atom. The van der Waals surface area contributed by atoms with E-state index < -0.39 is 0 Å². The molecule has 5 rings (SSSR count). The Hall–Kier alpha value is -2.21. The molecule has 4 aliphatic rings. The summed E-state index contributed by atoms with van der Waals surface area (Å²) < 4.78 is 23.5. The third-order valence-electron chi connectivity index (χ3n) is 8.37. The summed E-state index contributed by atoms with van der Waals surface area (Å²) in [5, 5.41) is 3.08. The number of rotatable bonds is 4. The molecule has 32 heavy (non-hydrogen) atoms. The van der Waals surface area contributed by atoms with Crippen molar-refractivity contribution in [2.75, 3.05) is 20.0 Å². The molecule has 2 heterocycles. The molecule has 0 spiro atoms. The maximum Gasteiger partial charge on any atom is 0.407 e. The van der Waals surface area contributed by atoms with Crippen LogP contribution in [0, 0.1) is 23.2 Å². The van der Waals surface area contributed by atoms with E-state index >= 15 is 0 Å². The van der Waals surface area contributed by atoms with Crippen LogP contribution in [0.4, 0.5) is 4.79 Å². The molecule has 2 fully saturated rings. The Labute approximate surface area is 190 Å². The van der Waals surface area contributed by atoms with E-state index in [-0.39, 0.29) is 42.3 Å². The molecule has 5 atom stereocenters. The number of hydrogen-bond donors (Lipinski definition) is 1. The molecule has 1 saturated heterocycles. The quantitative estimate of drug-likeness (QED) is 0.636. The van der Waals surface area contributed by atoms with Gasteiger partial charge in [0.1, 0.15) is 6.61 Å². The van der Waals surface area contributed by atoms with Crippen molar-refractivity contribution in [3.05, 3.63) is 35.4 Å². The Morgan fingerprint density at radius 1 is 1.16 bits per heavy atom. The minimum Gasteiger partial charge on any atom is -0.454 e. The molecule has 174 valence electrons. The molecule has 1 N–H and O–H groups in total. The topological polar surface area (TPSA) is 66.0 Å². The fourth-order valence-corrected chi connectivity index (χ4v) is 6.30. The van der Waals surface area contributed by atoms with Crippen LogP contribution < -0.4 is 14.8 Å². The van der Waals surface area contributed by atoms with Gasteiger partial charge in [0.25, 0.3) is 0 Å². The molecule has 0 aromatic heterocycles. The van der Waals surface area contributed by atoms with E-state index in [2.05, 4.69) is 38.2 Å². The van der Waals surface area contributed by atoms with Crippen LogP contribution in [0.1, 0.15) is 64.5 Å².